The molecule has 2 heterocycles. The predicted molar refractivity (Wildman–Crippen MR) is 99.0 cm³/mol. The van der Waals surface area contributed by atoms with Gasteiger partial charge >= 0.3 is 0 Å². The van der Waals surface area contributed by atoms with Crippen molar-refractivity contribution in [3.63, 3.8) is 0 Å². The van der Waals surface area contributed by atoms with Crippen molar-refractivity contribution in [1.82, 2.24) is 9.88 Å². The zero-order chi connectivity index (χ0) is 17.8. The number of halogens is 1. The van der Waals surface area contributed by atoms with E-state index < -0.39 is 4.92 Å². The first-order valence-corrected chi connectivity index (χ1v) is 8.75. The van der Waals surface area contributed by atoms with E-state index in [2.05, 4.69) is 46.0 Å². The lowest BCUT2D eigenvalue weighted by atomic mass is 10.1. The number of benzene rings is 1. The molecular formula is C18H21ClN4O2. The predicted octanol–water partition coefficient (Wildman–Crippen LogP) is 3.74. The van der Waals surface area contributed by atoms with Crippen molar-refractivity contribution in [2.45, 2.75) is 25.9 Å². The topological polar surface area (TPSA) is 62.5 Å². The Kier molecular flexibility index (Phi) is 5.50. The maximum Gasteiger partial charge on any atom is 0.289 e. The molecule has 1 aromatic carbocycles. The van der Waals surface area contributed by atoms with E-state index in [1.54, 1.807) is 0 Å². The molecule has 0 amide bonds. The molecule has 7 heteroatoms. The normalized spacial score (nSPS) is 18.8. The molecule has 1 aliphatic heterocycles. The first-order valence-electron chi connectivity index (χ1n) is 8.37. The number of hydrogen-bond donors (Lipinski definition) is 0. The van der Waals surface area contributed by atoms with Gasteiger partial charge in [0.15, 0.2) is 0 Å². The Labute approximate surface area is 152 Å². The number of pyridine rings is 1. The van der Waals surface area contributed by atoms with Gasteiger partial charge in [-0.1, -0.05) is 41.9 Å². The van der Waals surface area contributed by atoms with E-state index in [0.717, 1.165) is 32.6 Å². The van der Waals surface area contributed by atoms with E-state index in [0.29, 0.717) is 16.9 Å². The molecule has 1 fully saturated rings. The third kappa shape index (κ3) is 4.27. The van der Waals surface area contributed by atoms with Crippen LogP contribution >= 0.6 is 11.6 Å². The molecule has 0 bridgehead atoms. The quantitative estimate of drug-likeness (QED) is 0.614. The number of rotatable bonds is 4. The standard InChI is InChI=1S/C18H21ClN4O2/c1-14-7-8-21(18-17(19)11-16(12-20-18)23(24)25)9-10-22(14)13-15-5-3-2-4-6-15/h2-6,11-12,14H,7-10,13H2,1H3. The minimum atomic E-state index is -0.477. The Bertz CT molecular complexity index is 741. The van der Waals surface area contributed by atoms with Gasteiger partial charge in [-0.3, -0.25) is 15.0 Å². The number of anilines is 1. The molecule has 1 aromatic heterocycles. The average Bonchev–Trinajstić information content (AvgIpc) is 2.78. The van der Waals surface area contributed by atoms with Gasteiger partial charge in [0.1, 0.15) is 12.0 Å². The van der Waals surface area contributed by atoms with Crippen molar-refractivity contribution in [1.29, 1.82) is 0 Å². The summed E-state index contributed by atoms with van der Waals surface area (Å²) in [5.41, 5.74) is 1.22. The molecule has 0 N–H and O–H groups in total. The summed E-state index contributed by atoms with van der Waals surface area (Å²) in [5.74, 6) is 0.626. The van der Waals surface area contributed by atoms with Crippen LogP contribution in [0.15, 0.2) is 42.6 Å². The lowest BCUT2D eigenvalue weighted by Crippen LogP contribution is -2.34. The molecule has 1 aliphatic rings. The van der Waals surface area contributed by atoms with E-state index in [1.807, 2.05) is 6.07 Å². The van der Waals surface area contributed by atoms with Crippen molar-refractivity contribution < 1.29 is 4.92 Å². The highest BCUT2D eigenvalue weighted by Gasteiger charge is 2.23. The fourth-order valence-electron chi connectivity index (χ4n) is 3.12. The Morgan fingerprint density at radius 3 is 2.72 bits per heavy atom. The summed E-state index contributed by atoms with van der Waals surface area (Å²) in [5, 5.41) is 11.2. The fraction of sp³-hybridized carbons (Fsp3) is 0.389. The Morgan fingerprint density at radius 1 is 1.28 bits per heavy atom. The maximum absolute atomic E-state index is 10.8. The highest BCUT2D eigenvalue weighted by molar-refractivity contribution is 6.33. The SMILES string of the molecule is CC1CCN(c2ncc([N+](=O)[O-])cc2Cl)CCN1Cc1ccccc1. The molecule has 0 spiro atoms. The van der Waals surface area contributed by atoms with E-state index >= 15 is 0 Å². The summed E-state index contributed by atoms with van der Waals surface area (Å²) < 4.78 is 0. The van der Waals surface area contributed by atoms with Crippen LogP contribution in [0.25, 0.3) is 0 Å². The minimum absolute atomic E-state index is 0.0809. The molecule has 25 heavy (non-hydrogen) atoms. The molecule has 132 valence electrons. The van der Waals surface area contributed by atoms with Crippen LogP contribution < -0.4 is 4.90 Å². The second kappa shape index (κ2) is 7.80. The van der Waals surface area contributed by atoms with Crippen LogP contribution in [0.5, 0.6) is 0 Å². The van der Waals surface area contributed by atoms with E-state index in [4.69, 9.17) is 11.6 Å². The second-order valence-corrected chi connectivity index (χ2v) is 6.74. The van der Waals surface area contributed by atoms with Gasteiger partial charge in [-0.05, 0) is 18.9 Å². The fourth-order valence-corrected chi connectivity index (χ4v) is 3.40. The van der Waals surface area contributed by atoms with Gasteiger partial charge in [0, 0.05) is 38.3 Å². The molecule has 3 rings (SSSR count). The first-order chi connectivity index (χ1) is 12.0. The van der Waals surface area contributed by atoms with Gasteiger partial charge in [-0.2, -0.15) is 0 Å². The minimum Gasteiger partial charge on any atom is -0.354 e. The lowest BCUT2D eigenvalue weighted by Gasteiger charge is -2.26. The summed E-state index contributed by atoms with van der Waals surface area (Å²) in [7, 11) is 0. The van der Waals surface area contributed by atoms with Crippen molar-refractivity contribution in [2.75, 3.05) is 24.5 Å². The summed E-state index contributed by atoms with van der Waals surface area (Å²) in [6, 6.07) is 12.3. The monoisotopic (exact) mass is 360 g/mol. The number of nitrogens with zero attached hydrogens (tertiary/aromatic N) is 4. The third-order valence-electron chi connectivity index (χ3n) is 4.64. The third-order valence-corrected chi connectivity index (χ3v) is 4.92. The van der Waals surface area contributed by atoms with Crippen molar-refractivity contribution in [3.8, 4) is 0 Å². The van der Waals surface area contributed by atoms with Crippen LogP contribution in [-0.4, -0.2) is 40.5 Å². The highest BCUT2D eigenvalue weighted by Crippen LogP contribution is 2.28. The molecule has 1 saturated heterocycles. The summed E-state index contributed by atoms with van der Waals surface area (Å²) in [6.07, 6.45) is 2.26. The highest BCUT2D eigenvalue weighted by atomic mass is 35.5. The number of aromatic nitrogens is 1. The molecule has 1 atom stereocenters. The van der Waals surface area contributed by atoms with Crippen LogP contribution in [0.3, 0.4) is 0 Å². The number of hydrogen-bond acceptors (Lipinski definition) is 5. The molecule has 2 aromatic rings. The zero-order valence-electron chi connectivity index (χ0n) is 14.1. The molecule has 6 nitrogen and oxygen atoms in total. The Balaban J connectivity index is 1.71. The molecule has 1 unspecified atom stereocenters. The van der Waals surface area contributed by atoms with Crippen molar-refractivity contribution in [2.24, 2.45) is 0 Å². The lowest BCUT2D eigenvalue weighted by molar-refractivity contribution is -0.385. The molecule has 0 radical (unpaired) electrons. The van der Waals surface area contributed by atoms with E-state index in [-0.39, 0.29) is 5.69 Å². The van der Waals surface area contributed by atoms with Crippen molar-refractivity contribution >= 4 is 23.1 Å². The maximum atomic E-state index is 10.8. The number of nitro groups is 1. The zero-order valence-corrected chi connectivity index (χ0v) is 14.9. The van der Waals surface area contributed by atoms with Crippen LogP contribution in [0.2, 0.25) is 5.02 Å². The van der Waals surface area contributed by atoms with Gasteiger partial charge in [-0.25, -0.2) is 4.98 Å². The summed E-state index contributed by atoms with van der Waals surface area (Å²) >= 11 is 6.24. The van der Waals surface area contributed by atoms with Crippen LogP contribution in [0.1, 0.15) is 18.9 Å². The molecular weight excluding hydrogens is 340 g/mol. The van der Waals surface area contributed by atoms with Gasteiger partial charge in [0.25, 0.3) is 5.69 Å². The van der Waals surface area contributed by atoms with Gasteiger partial charge in [0.05, 0.1) is 9.95 Å². The average molecular weight is 361 g/mol. The van der Waals surface area contributed by atoms with Crippen LogP contribution in [-0.2, 0) is 6.54 Å². The smallest absolute Gasteiger partial charge is 0.289 e. The second-order valence-electron chi connectivity index (χ2n) is 6.34. The van der Waals surface area contributed by atoms with E-state index in [9.17, 15) is 10.1 Å². The first kappa shape index (κ1) is 17.6. The van der Waals surface area contributed by atoms with Crippen LogP contribution in [0, 0.1) is 10.1 Å². The Morgan fingerprint density at radius 2 is 2.04 bits per heavy atom. The van der Waals surface area contributed by atoms with Gasteiger partial charge < -0.3 is 4.90 Å². The summed E-state index contributed by atoms with van der Waals surface area (Å²) in [4.78, 5) is 19.2. The molecule has 0 saturated carbocycles. The summed E-state index contributed by atoms with van der Waals surface area (Å²) in [6.45, 7) is 5.67. The largest absolute Gasteiger partial charge is 0.354 e. The van der Waals surface area contributed by atoms with Gasteiger partial charge in [0.2, 0.25) is 0 Å². The van der Waals surface area contributed by atoms with Crippen molar-refractivity contribution in [3.05, 3.63) is 63.3 Å². The van der Waals surface area contributed by atoms with Gasteiger partial charge in [-0.15, -0.1) is 0 Å². The van der Waals surface area contributed by atoms with Crippen LogP contribution in [0.4, 0.5) is 11.5 Å². The van der Waals surface area contributed by atoms with E-state index in [1.165, 1.54) is 17.8 Å². The molecule has 0 aliphatic carbocycles. The Hall–Kier alpha value is -2.18.